The van der Waals surface area contributed by atoms with Gasteiger partial charge in [-0.05, 0) is 64.4 Å². The monoisotopic (exact) mass is 515 g/mol. The van der Waals surface area contributed by atoms with Crippen LogP contribution in [0.15, 0.2) is 34.2 Å². The maximum absolute atomic E-state index is 13.8. The Morgan fingerprint density at radius 3 is 2.46 bits per heavy atom. The van der Waals surface area contributed by atoms with Crippen molar-refractivity contribution in [3.05, 3.63) is 45.7 Å². The van der Waals surface area contributed by atoms with Crippen LogP contribution in [0.3, 0.4) is 0 Å². The molecule has 0 spiro atoms. The largest absolute Gasteiger partial charge is 0.508 e. The Hall–Kier alpha value is -3.70. The number of aliphatic hydroxyl groups is 3. The van der Waals surface area contributed by atoms with E-state index in [1.807, 2.05) is 0 Å². The van der Waals surface area contributed by atoms with Crippen LogP contribution < -0.4 is 5.73 Å². The number of rotatable bonds is 5. The summed E-state index contributed by atoms with van der Waals surface area (Å²) >= 11 is 0. The molecule has 4 atom stereocenters. The van der Waals surface area contributed by atoms with E-state index in [9.17, 15) is 34.8 Å². The fourth-order valence-electron chi connectivity index (χ4n) is 5.79. The van der Waals surface area contributed by atoms with E-state index in [4.69, 9.17) is 10.6 Å². The van der Waals surface area contributed by atoms with Crippen molar-refractivity contribution >= 4 is 28.9 Å². The Bertz CT molecular complexity index is 1280. The van der Waals surface area contributed by atoms with E-state index in [0.717, 1.165) is 0 Å². The average Bonchev–Trinajstić information content (AvgIpc) is 2.79. The topological polar surface area (TPSA) is 183 Å². The minimum atomic E-state index is -2.66. The predicted molar refractivity (Wildman–Crippen MR) is 135 cm³/mol. The molecule has 1 fully saturated rings. The van der Waals surface area contributed by atoms with E-state index >= 15 is 0 Å². The van der Waals surface area contributed by atoms with Crippen molar-refractivity contribution in [1.29, 1.82) is 0 Å². The summed E-state index contributed by atoms with van der Waals surface area (Å²) < 4.78 is 0. The van der Waals surface area contributed by atoms with Crippen molar-refractivity contribution in [3.63, 3.8) is 0 Å². The Morgan fingerprint density at radius 1 is 1.24 bits per heavy atom. The van der Waals surface area contributed by atoms with Crippen LogP contribution in [-0.4, -0.2) is 80.9 Å². The number of phenols is 1. The van der Waals surface area contributed by atoms with Gasteiger partial charge in [-0.3, -0.25) is 19.3 Å². The number of aliphatic hydroxyl groups excluding tert-OH is 2. The summed E-state index contributed by atoms with van der Waals surface area (Å²) in [5.41, 5.74) is 3.25. The first-order valence-electron chi connectivity index (χ1n) is 11.5. The molecule has 11 heteroatoms. The highest BCUT2D eigenvalue weighted by Gasteiger charge is 2.64. The number of ketones is 2. The minimum absolute atomic E-state index is 0. The van der Waals surface area contributed by atoms with Crippen LogP contribution in [0, 0.1) is 11.8 Å². The maximum Gasteiger partial charge on any atom is 0.255 e. The number of nitrogens with zero attached hydrogens (tertiary/aromatic N) is 2. The summed E-state index contributed by atoms with van der Waals surface area (Å²) in [5.74, 6) is -6.85. The number of aromatic hydroxyl groups is 1. The second kappa shape index (κ2) is 9.64. The number of oxime groups is 1. The zero-order valence-corrected chi connectivity index (χ0v) is 20.4. The average molecular weight is 516 g/mol. The molecule has 3 aliphatic rings. The van der Waals surface area contributed by atoms with Gasteiger partial charge in [0, 0.05) is 17.1 Å². The highest BCUT2D eigenvalue weighted by Crippen LogP contribution is 2.52. The van der Waals surface area contributed by atoms with Crippen molar-refractivity contribution in [2.45, 2.75) is 45.8 Å². The zero-order valence-electron chi connectivity index (χ0n) is 20.4. The Balaban J connectivity index is 0.00000380. The van der Waals surface area contributed by atoms with Crippen molar-refractivity contribution in [3.8, 4) is 5.75 Å². The van der Waals surface area contributed by atoms with Crippen LogP contribution >= 0.6 is 0 Å². The molecule has 0 radical (unpaired) electrons. The van der Waals surface area contributed by atoms with E-state index in [0.29, 0.717) is 23.4 Å². The lowest BCUT2D eigenvalue weighted by Gasteiger charge is -2.50. The Morgan fingerprint density at radius 2 is 1.89 bits per heavy atom. The summed E-state index contributed by atoms with van der Waals surface area (Å²) in [7, 11) is 3.11. The lowest BCUT2D eigenvalue weighted by Crippen LogP contribution is -2.65. The van der Waals surface area contributed by atoms with Gasteiger partial charge in [-0.1, -0.05) is 12.6 Å². The van der Waals surface area contributed by atoms with Crippen LogP contribution in [0.2, 0.25) is 0 Å². The van der Waals surface area contributed by atoms with Crippen LogP contribution in [0.5, 0.6) is 5.75 Å². The Labute approximate surface area is 214 Å². The molecule has 1 saturated carbocycles. The maximum atomic E-state index is 13.8. The molecule has 0 aromatic heterocycles. The highest BCUT2D eigenvalue weighted by atomic mass is 16.6. The van der Waals surface area contributed by atoms with Crippen LogP contribution in [0.4, 0.5) is 0 Å². The van der Waals surface area contributed by atoms with Gasteiger partial charge in [0.15, 0.2) is 11.4 Å². The number of hydrogen-bond acceptors (Lipinski definition) is 10. The van der Waals surface area contributed by atoms with Crippen LogP contribution in [0.1, 0.15) is 44.4 Å². The number of nitrogens with two attached hydrogens (primary N) is 1. The number of fused-ring (bicyclic) bond motifs is 3. The smallest absolute Gasteiger partial charge is 0.255 e. The van der Waals surface area contributed by atoms with Gasteiger partial charge in [0.05, 0.1) is 17.3 Å². The molecule has 1 aromatic carbocycles. The van der Waals surface area contributed by atoms with E-state index in [1.165, 1.54) is 11.0 Å². The molecule has 6 N–H and O–H groups in total. The van der Waals surface area contributed by atoms with Gasteiger partial charge in [0.25, 0.3) is 5.91 Å². The van der Waals surface area contributed by atoms with E-state index in [2.05, 4.69) is 5.16 Å². The molecule has 1 aromatic rings. The number of phenolic OH excluding ortho intramolecular Hbond substituents is 1. The zero-order chi connectivity index (χ0) is 26.7. The second-order valence-corrected chi connectivity index (χ2v) is 9.54. The van der Waals surface area contributed by atoms with Gasteiger partial charge in [-0.15, -0.1) is 0 Å². The fourth-order valence-corrected chi connectivity index (χ4v) is 5.79. The van der Waals surface area contributed by atoms with E-state index < -0.39 is 58.0 Å². The van der Waals surface area contributed by atoms with Gasteiger partial charge < -0.3 is 31.0 Å². The van der Waals surface area contributed by atoms with Gasteiger partial charge in [0.2, 0.25) is 5.78 Å². The highest BCUT2D eigenvalue weighted by molar-refractivity contribution is 6.24. The molecule has 200 valence electrons. The summed E-state index contributed by atoms with van der Waals surface area (Å²) in [6, 6.07) is 1.85. The predicted octanol–water partition coefficient (Wildman–Crippen LogP) is 1.36. The quantitative estimate of drug-likeness (QED) is 0.219. The molecule has 0 aliphatic heterocycles. The normalized spacial score (nSPS) is 27.4. The standard InChI is InChI=1S/C25H29N3O8.CH4/c1-5-36-27-10(2)12-6-7-15(29)17-13(12)8-11-9-14-19(28(3)4)21(31)18(24(26)34)23(33)25(14,35)22(32)16(11)20(17)30;/h6-7,11,14,19,29-30,33,35H,5,8-9H2,1-4H3,(H2,26,34);1H4/b27-10+;/t11-,14-,19-,25-;/m0./s1. The summed E-state index contributed by atoms with van der Waals surface area (Å²) in [4.78, 5) is 45.6. The second-order valence-electron chi connectivity index (χ2n) is 9.54. The van der Waals surface area contributed by atoms with Crippen LogP contribution in [-0.2, 0) is 25.6 Å². The van der Waals surface area contributed by atoms with Gasteiger partial charge in [-0.25, -0.2) is 0 Å². The first-order valence-corrected chi connectivity index (χ1v) is 11.5. The molecule has 0 unspecified atom stereocenters. The lowest BCUT2D eigenvalue weighted by molar-refractivity contribution is -0.153. The van der Waals surface area contributed by atoms with Gasteiger partial charge >= 0.3 is 0 Å². The van der Waals surface area contributed by atoms with E-state index in [1.54, 1.807) is 34.0 Å². The van der Waals surface area contributed by atoms with Crippen molar-refractivity contribution in [1.82, 2.24) is 4.90 Å². The third-order valence-corrected chi connectivity index (χ3v) is 7.32. The first-order chi connectivity index (χ1) is 16.9. The molecule has 0 bridgehead atoms. The third kappa shape index (κ3) is 3.89. The van der Waals surface area contributed by atoms with Crippen molar-refractivity contribution in [2.75, 3.05) is 20.7 Å². The SMILES string of the molecule is C.CCO/N=C(\C)c1ccc(O)c2c1C[C@H]1C[C@H]3[C@H](N(C)C)C(=O)C(C(N)=O)=C(O)[C@@]3(O)C(=O)C1=C2O. The minimum Gasteiger partial charge on any atom is -0.508 e. The number of likely N-dealkylation sites (N-methyl/N-ethyl adjacent to an activating group) is 1. The molecule has 37 heavy (non-hydrogen) atoms. The number of carbonyl (C=O) groups is 3. The molecular weight excluding hydrogens is 482 g/mol. The number of benzene rings is 1. The Kier molecular flexibility index (Phi) is 7.26. The number of primary amides is 1. The number of hydrogen-bond donors (Lipinski definition) is 5. The van der Waals surface area contributed by atoms with Crippen molar-refractivity contribution in [2.24, 2.45) is 22.7 Å². The summed E-state index contributed by atoms with van der Waals surface area (Å²) in [6.07, 6.45) is 0.194. The number of Topliss-reactive ketones (excluding diaryl/α,β-unsaturated/α-hetero) is 2. The fraction of sp³-hybridized carbons (Fsp3) is 0.462. The van der Waals surface area contributed by atoms with E-state index in [-0.39, 0.29) is 37.2 Å². The lowest BCUT2D eigenvalue weighted by atomic mass is 9.57. The first kappa shape index (κ1) is 27.9. The van der Waals surface area contributed by atoms with Gasteiger partial charge in [-0.2, -0.15) is 0 Å². The molecule has 4 rings (SSSR count). The van der Waals surface area contributed by atoms with Gasteiger partial charge in [0.1, 0.15) is 29.4 Å². The summed E-state index contributed by atoms with van der Waals surface area (Å²) in [6.45, 7) is 3.83. The molecule has 0 heterocycles. The van der Waals surface area contributed by atoms with Crippen LogP contribution in [0.25, 0.3) is 5.76 Å². The molecule has 3 aliphatic carbocycles. The van der Waals surface area contributed by atoms with Crippen molar-refractivity contribution < 1.29 is 39.6 Å². The molecular formula is C26H33N3O8. The molecule has 11 nitrogen and oxygen atoms in total. The molecule has 0 saturated heterocycles. The number of carbonyl (C=O) groups excluding carboxylic acids is 3. The third-order valence-electron chi connectivity index (χ3n) is 7.32. The summed E-state index contributed by atoms with van der Waals surface area (Å²) in [5, 5.41) is 48.3. The number of amides is 1. The molecule has 1 amide bonds.